The van der Waals surface area contributed by atoms with E-state index in [9.17, 15) is 5.11 Å². The second kappa shape index (κ2) is 5.72. The van der Waals surface area contributed by atoms with Crippen LogP contribution in [0.2, 0.25) is 0 Å². The van der Waals surface area contributed by atoms with Gasteiger partial charge in [0.15, 0.2) is 0 Å². The highest BCUT2D eigenvalue weighted by Gasteiger charge is 2.25. The summed E-state index contributed by atoms with van der Waals surface area (Å²) in [6, 6.07) is 0. The van der Waals surface area contributed by atoms with Crippen molar-refractivity contribution in [3.63, 3.8) is 0 Å². The molecule has 0 aromatic carbocycles. The number of rotatable bonds is 5. The molecule has 3 unspecified atom stereocenters. The summed E-state index contributed by atoms with van der Waals surface area (Å²) < 4.78 is 0. The number of likely N-dealkylation sites (tertiary alicyclic amines) is 1. The van der Waals surface area contributed by atoms with Gasteiger partial charge in [0.05, 0.1) is 6.10 Å². The fourth-order valence-corrected chi connectivity index (χ4v) is 2.19. The quantitative estimate of drug-likeness (QED) is 0.733. The predicted molar refractivity (Wildman–Crippen MR) is 60.3 cm³/mol. The average molecular weight is 199 g/mol. The van der Waals surface area contributed by atoms with Crippen LogP contribution in [0.15, 0.2) is 0 Å². The summed E-state index contributed by atoms with van der Waals surface area (Å²) >= 11 is 0. The summed E-state index contributed by atoms with van der Waals surface area (Å²) in [6.07, 6.45) is 2.93. The molecule has 1 fully saturated rings. The lowest BCUT2D eigenvalue weighted by Crippen LogP contribution is -2.23. The van der Waals surface area contributed by atoms with Gasteiger partial charge in [-0.15, -0.1) is 0 Å². The Bertz CT molecular complexity index is 150. The monoisotopic (exact) mass is 199 g/mol. The normalized spacial score (nSPS) is 30.9. The Morgan fingerprint density at radius 3 is 2.36 bits per heavy atom. The van der Waals surface area contributed by atoms with Crippen molar-refractivity contribution in [2.45, 2.75) is 46.1 Å². The first kappa shape index (κ1) is 12.0. The van der Waals surface area contributed by atoms with Crippen molar-refractivity contribution in [1.82, 2.24) is 4.90 Å². The van der Waals surface area contributed by atoms with Gasteiger partial charge in [0, 0.05) is 13.1 Å². The van der Waals surface area contributed by atoms with Crippen LogP contribution in [0, 0.1) is 11.8 Å². The van der Waals surface area contributed by atoms with E-state index in [0.717, 1.165) is 31.1 Å². The Balaban J connectivity index is 2.08. The summed E-state index contributed by atoms with van der Waals surface area (Å²) in [5.41, 5.74) is 0. The van der Waals surface area contributed by atoms with Gasteiger partial charge in [-0.25, -0.2) is 0 Å². The van der Waals surface area contributed by atoms with E-state index in [4.69, 9.17) is 0 Å². The minimum Gasteiger partial charge on any atom is -0.393 e. The van der Waals surface area contributed by atoms with E-state index in [0.29, 0.717) is 0 Å². The molecule has 0 aromatic rings. The molecule has 14 heavy (non-hydrogen) atoms. The van der Waals surface area contributed by atoms with Crippen LogP contribution in [-0.2, 0) is 0 Å². The molecule has 0 aliphatic carbocycles. The summed E-state index contributed by atoms with van der Waals surface area (Å²) in [7, 11) is 0. The molecule has 1 rings (SSSR count). The molecule has 2 heteroatoms. The number of hydrogen-bond acceptors (Lipinski definition) is 2. The van der Waals surface area contributed by atoms with E-state index in [2.05, 4.69) is 18.7 Å². The van der Waals surface area contributed by atoms with Crippen molar-refractivity contribution in [1.29, 1.82) is 0 Å². The second-order valence-electron chi connectivity index (χ2n) is 4.92. The van der Waals surface area contributed by atoms with E-state index in [1.54, 1.807) is 0 Å². The zero-order valence-electron chi connectivity index (χ0n) is 9.87. The third kappa shape index (κ3) is 3.58. The van der Waals surface area contributed by atoms with Gasteiger partial charge < -0.3 is 10.0 Å². The van der Waals surface area contributed by atoms with Crippen LogP contribution in [0.4, 0.5) is 0 Å². The van der Waals surface area contributed by atoms with Crippen LogP contribution >= 0.6 is 0 Å². The molecule has 1 heterocycles. The summed E-state index contributed by atoms with van der Waals surface area (Å²) in [5, 5.41) is 9.42. The Kier molecular flexibility index (Phi) is 4.90. The van der Waals surface area contributed by atoms with Crippen LogP contribution < -0.4 is 0 Å². The summed E-state index contributed by atoms with van der Waals surface area (Å²) in [6.45, 7) is 10.4. The molecule has 84 valence electrons. The van der Waals surface area contributed by atoms with Crippen LogP contribution in [0.1, 0.15) is 40.0 Å². The van der Waals surface area contributed by atoms with Crippen molar-refractivity contribution >= 4 is 0 Å². The molecule has 0 bridgehead atoms. The van der Waals surface area contributed by atoms with Gasteiger partial charge in [0.1, 0.15) is 0 Å². The third-order valence-electron chi connectivity index (χ3n) is 3.55. The van der Waals surface area contributed by atoms with Gasteiger partial charge in [-0.3, -0.25) is 0 Å². The van der Waals surface area contributed by atoms with E-state index in [-0.39, 0.29) is 6.10 Å². The number of nitrogens with zero attached hydrogens (tertiary/aromatic N) is 1. The van der Waals surface area contributed by atoms with E-state index < -0.39 is 0 Å². The van der Waals surface area contributed by atoms with Crippen LogP contribution in [0.25, 0.3) is 0 Å². The maximum absolute atomic E-state index is 9.42. The smallest absolute Gasteiger partial charge is 0.0538 e. The molecule has 2 nitrogen and oxygen atoms in total. The maximum Gasteiger partial charge on any atom is 0.0538 e. The lowest BCUT2D eigenvalue weighted by Gasteiger charge is -2.16. The molecule has 1 saturated heterocycles. The van der Waals surface area contributed by atoms with Gasteiger partial charge in [0.25, 0.3) is 0 Å². The minimum atomic E-state index is -0.0764. The highest BCUT2D eigenvalue weighted by Crippen LogP contribution is 2.22. The highest BCUT2D eigenvalue weighted by molar-refractivity contribution is 4.78. The fourth-order valence-electron chi connectivity index (χ4n) is 2.19. The fraction of sp³-hybridized carbons (Fsp3) is 1.00. The van der Waals surface area contributed by atoms with Crippen molar-refractivity contribution in [3.8, 4) is 0 Å². The first-order valence-electron chi connectivity index (χ1n) is 6.04. The molecule has 0 aromatic heterocycles. The topological polar surface area (TPSA) is 23.5 Å². The zero-order valence-corrected chi connectivity index (χ0v) is 9.87. The van der Waals surface area contributed by atoms with E-state index in [1.807, 2.05) is 6.92 Å². The largest absolute Gasteiger partial charge is 0.393 e. The van der Waals surface area contributed by atoms with Crippen LogP contribution in [-0.4, -0.2) is 35.7 Å². The average Bonchev–Trinajstić information content (AvgIpc) is 2.46. The van der Waals surface area contributed by atoms with Crippen molar-refractivity contribution in [2.75, 3.05) is 19.6 Å². The van der Waals surface area contributed by atoms with Crippen LogP contribution in [0.3, 0.4) is 0 Å². The standard InChI is InChI=1S/C12H25NO/c1-4-12(14)6-5-7-13-8-10(2)11(3)9-13/h10-12,14H,4-9H2,1-3H3. The Labute approximate surface area is 88.3 Å². The number of hydrogen-bond donors (Lipinski definition) is 1. The molecule has 1 aliphatic heterocycles. The highest BCUT2D eigenvalue weighted by atomic mass is 16.3. The summed E-state index contributed by atoms with van der Waals surface area (Å²) in [5.74, 6) is 1.71. The molecule has 0 amide bonds. The zero-order chi connectivity index (χ0) is 10.6. The third-order valence-corrected chi connectivity index (χ3v) is 3.55. The molecular weight excluding hydrogens is 174 g/mol. The van der Waals surface area contributed by atoms with Gasteiger partial charge in [0.2, 0.25) is 0 Å². The van der Waals surface area contributed by atoms with E-state index in [1.165, 1.54) is 19.6 Å². The predicted octanol–water partition coefficient (Wildman–Crippen LogP) is 2.13. The Morgan fingerprint density at radius 2 is 1.86 bits per heavy atom. The number of aliphatic hydroxyl groups is 1. The van der Waals surface area contributed by atoms with Crippen LogP contribution in [0.5, 0.6) is 0 Å². The van der Waals surface area contributed by atoms with Gasteiger partial charge in [-0.2, -0.15) is 0 Å². The second-order valence-corrected chi connectivity index (χ2v) is 4.92. The first-order valence-corrected chi connectivity index (χ1v) is 6.04. The molecule has 1 N–H and O–H groups in total. The molecular formula is C12H25NO. The van der Waals surface area contributed by atoms with Gasteiger partial charge in [-0.05, 0) is 37.6 Å². The molecule has 0 radical (unpaired) electrons. The molecule has 1 aliphatic rings. The SMILES string of the molecule is CCC(O)CCCN1CC(C)C(C)C1. The lowest BCUT2D eigenvalue weighted by atomic mass is 10.0. The molecule has 0 saturated carbocycles. The summed E-state index contributed by atoms with van der Waals surface area (Å²) in [4.78, 5) is 2.54. The van der Waals surface area contributed by atoms with Crippen molar-refractivity contribution in [2.24, 2.45) is 11.8 Å². The van der Waals surface area contributed by atoms with Crippen molar-refractivity contribution < 1.29 is 5.11 Å². The Morgan fingerprint density at radius 1 is 1.29 bits per heavy atom. The minimum absolute atomic E-state index is 0.0764. The number of aliphatic hydroxyl groups excluding tert-OH is 1. The molecule has 0 spiro atoms. The maximum atomic E-state index is 9.42. The first-order chi connectivity index (χ1) is 6.63. The van der Waals surface area contributed by atoms with Crippen molar-refractivity contribution in [3.05, 3.63) is 0 Å². The van der Waals surface area contributed by atoms with E-state index >= 15 is 0 Å². The Hall–Kier alpha value is -0.0800. The molecule has 3 atom stereocenters. The lowest BCUT2D eigenvalue weighted by molar-refractivity contribution is 0.151. The van der Waals surface area contributed by atoms with Gasteiger partial charge >= 0.3 is 0 Å². The van der Waals surface area contributed by atoms with Gasteiger partial charge in [-0.1, -0.05) is 20.8 Å².